The molecule has 0 saturated heterocycles. The number of aliphatic carboxylic acids is 3. The number of hydrogen-bond acceptors (Lipinski definition) is 7. The molecule has 0 spiro atoms. The normalized spacial score (nSPS) is 10.6. The monoisotopic (exact) mass is 326 g/mol. The number of carboxylic acid groups (broad SMARTS) is 3. The number of rotatable bonds is 5. The molecule has 0 radical (unpaired) electrons. The third kappa shape index (κ3) is 52.4. The van der Waals surface area contributed by atoms with E-state index in [0.717, 1.165) is 12.2 Å². The molecule has 0 fully saturated rings. The first-order valence-corrected chi connectivity index (χ1v) is 5.51. The Labute approximate surface area is 126 Å². The van der Waals surface area contributed by atoms with Gasteiger partial charge in [0, 0.05) is 12.2 Å². The van der Waals surface area contributed by atoms with Gasteiger partial charge >= 0.3 is 17.9 Å². The average molecular weight is 326 g/mol. The fourth-order valence-corrected chi connectivity index (χ4v) is 0.0781. The van der Waals surface area contributed by atoms with Crippen LogP contribution < -0.4 is 0 Å². The lowest BCUT2D eigenvalue weighted by molar-refractivity contribution is -0.148. The highest BCUT2D eigenvalue weighted by atomic mass is 16.4. The summed E-state index contributed by atoms with van der Waals surface area (Å²) in [5, 5.41) is 54.9. The van der Waals surface area contributed by atoms with Crippen LogP contribution in [0.4, 0.5) is 0 Å². The summed E-state index contributed by atoms with van der Waals surface area (Å²) in [5.41, 5.74) is 0. The van der Waals surface area contributed by atoms with Gasteiger partial charge in [-0.05, 0) is 6.92 Å². The van der Waals surface area contributed by atoms with Gasteiger partial charge in [0.2, 0.25) is 0 Å². The summed E-state index contributed by atoms with van der Waals surface area (Å²) in [4.78, 5) is 28.0. The maximum atomic E-state index is 9.52. The molecule has 10 heteroatoms. The fourth-order valence-electron chi connectivity index (χ4n) is 0.0781. The Kier molecular flexibility index (Phi) is 26.7. The maximum Gasteiger partial charge on any atom is 0.334 e. The van der Waals surface area contributed by atoms with Gasteiger partial charge in [-0.1, -0.05) is 13.2 Å². The molecule has 0 aliphatic rings. The van der Waals surface area contributed by atoms with Crippen LogP contribution >= 0.6 is 0 Å². The Morgan fingerprint density at radius 3 is 1.14 bits per heavy atom. The predicted octanol–water partition coefficient (Wildman–Crippen LogP) is -1.70. The van der Waals surface area contributed by atoms with Gasteiger partial charge < -0.3 is 35.7 Å². The predicted molar refractivity (Wildman–Crippen MR) is 75.2 cm³/mol. The Bertz CT molecular complexity index is 306. The van der Waals surface area contributed by atoms with Gasteiger partial charge in [0.15, 0.2) is 6.10 Å². The number of aliphatic hydroxyl groups excluding tert-OH is 4. The van der Waals surface area contributed by atoms with E-state index >= 15 is 0 Å². The Balaban J connectivity index is -0.0000000995. The number of aliphatic hydroxyl groups is 4. The van der Waals surface area contributed by atoms with Crippen LogP contribution in [0.1, 0.15) is 6.92 Å². The minimum atomic E-state index is -1.63. The summed E-state index contributed by atoms with van der Waals surface area (Å²) in [5.74, 6) is -3.36. The molecular formula is C12H22O10. The van der Waals surface area contributed by atoms with Crippen molar-refractivity contribution in [1.29, 1.82) is 0 Å². The molecule has 2 unspecified atom stereocenters. The highest BCUT2D eigenvalue weighted by molar-refractivity contribution is 5.79. The van der Waals surface area contributed by atoms with Crippen molar-refractivity contribution >= 4 is 17.9 Å². The van der Waals surface area contributed by atoms with E-state index in [-0.39, 0.29) is 6.61 Å². The second-order valence-electron chi connectivity index (χ2n) is 3.15. The molecule has 0 aliphatic heterocycles. The Hall–Kier alpha value is -2.27. The lowest BCUT2D eigenvalue weighted by Gasteiger charge is -1.95. The minimum absolute atomic E-state index is 0.139. The third-order valence-electron chi connectivity index (χ3n) is 1.07. The van der Waals surface area contributed by atoms with Gasteiger partial charge in [0.1, 0.15) is 0 Å². The van der Waals surface area contributed by atoms with Crippen molar-refractivity contribution in [2.24, 2.45) is 0 Å². The van der Waals surface area contributed by atoms with E-state index in [1.807, 2.05) is 0 Å². The van der Waals surface area contributed by atoms with Crippen LogP contribution in [-0.2, 0) is 14.4 Å². The van der Waals surface area contributed by atoms with Crippen LogP contribution in [0, 0.1) is 0 Å². The van der Waals surface area contributed by atoms with Crippen molar-refractivity contribution in [2.75, 3.05) is 13.2 Å². The summed E-state index contributed by atoms with van der Waals surface area (Å²) in [6.45, 7) is 6.58. The van der Waals surface area contributed by atoms with Crippen molar-refractivity contribution in [1.82, 2.24) is 0 Å². The van der Waals surface area contributed by atoms with Crippen LogP contribution in [-0.4, -0.2) is 79.1 Å². The lowest BCUT2D eigenvalue weighted by Crippen LogP contribution is -2.22. The molecule has 0 aromatic heterocycles. The highest BCUT2D eigenvalue weighted by Crippen LogP contribution is 1.75. The number of hydrogen-bond donors (Lipinski definition) is 7. The van der Waals surface area contributed by atoms with E-state index in [9.17, 15) is 14.4 Å². The summed E-state index contributed by atoms with van der Waals surface area (Å²) >= 11 is 0. The molecule has 0 amide bonds. The van der Waals surface area contributed by atoms with Gasteiger partial charge in [0.25, 0.3) is 0 Å². The zero-order valence-electron chi connectivity index (χ0n) is 12.0. The van der Waals surface area contributed by atoms with E-state index in [0.29, 0.717) is 0 Å². The van der Waals surface area contributed by atoms with Gasteiger partial charge in [-0.3, -0.25) is 0 Å². The number of carbonyl (C=O) groups is 3. The second-order valence-corrected chi connectivity index (χ2v) is 3.15. The summed E-state index contributed by atoms with van der Waals surface area (Å²) < 4.78 is 0. The molecule has 0 saturated carbocycles. The minimum Gasteiger partial charge on any atom is -0.479 e. The van der Waals surface area contributed by atoms with Crippen molar-refractivity contribution in [3.05, 3.63) is 25.3 Å². The van der Waals surface area contributed by atoms with E-state index in [4.69, 9.17) is 35.7 Å². The summed E-state index contributed by atoms with van der Waals surface area (Å²) in [6.07, 6.45) is -0.519. The van der Waals surface area contributed by atoms with Crippen LogP contribution in [0.25, 0.3) is 0 Å². The Morgan fingerprint density at radius 2 is 1.14 bits per heavy atom. The first-order chi connectivity index (χ1) is 9.99. The largest absolute Gasteiger partial charge is 0.479 e. The van der Waals surface area contributed by atoms with Crippen molar-refractivity contribution in [3.8, 4) is 0 Å². The molecular weight excluding hydrogens is 304 g/mol. The highest BCUT2D eigenvalue weighted by Gasteiger charge is 2.08. The maximum absolute atomic E-state index is 9.52. The van der Waals surface area contributed by atoms with Crippen molar-refractivity contribution in [2.45, 2.75) is 19.1 Å². The molecule has 22 heavy (non-hydrogen) atoms. The lowest BCUT2D eigenvalue weighted by atomic mass is 10.4. The zero-order valence-corrected chi connectivity index (χ0v) is 12.0. The van der Waals surface area contributed by atoms with E-state index in [2.05, 4.69) is 13.2 Å². The number of carboxylic acids is 3. The van der Waals surface area contributed by atoms with Crippen molar-refractivity contribution < 1.29 is 50.1 Å². The molecule has 0 aromatic carbocycles. The molecule has 7 N–H and O–H groups in total. The fraction of sp³-hybridized carbons (Fsp3) is 0.417. The quantitative estimate of drug-likeness (QED) is 0.286. The van der Waals surface area contributed by atoms with Crippen LogP contribution in [0.2, 0.25) is 0 Å². The standard InChI is InChI=1S/C3H6O4.C3H8O2.2C3H4O2/c4-1-2(5)3(6)7;1-3(5)2-4;2*1-2-3(4)5/h2,4-5H,1H2,(H,6,7);3-5H,2H2,1H3;2*2H,1H2,(H,4,5). The zero-order chi connectivity index (χ0) is 18.7. The van der Waals surface area contributed by atoms with Gasteiger partial charge in [0.05, 0.1) is 19.3 Å². The average Bonchev–Trinajstić information content (AvgIpc) is 2.47. The smallest absolute Gasteiger partial charge is 0.334 e. The van der Waals surface area contributed by atoms with Crippen molar-refractivity contribution in [3.63, 3.8) is 0 Å². The molecule has 0 bridgehead atoms. The Morgan fingerprint density at radius 1 is 0.909 bits per heavy atom. The van der Waals surface area contributed by atoms with E-state index in [1.165, 1.54) is 6.92 Å². The molecule has 0 aromatic rings. The van der Waals surface area contributed by atoms with E-state index in [1.54, 1.807) is 0 Å². The van der Waals surface area contributed by atoms with Crippen LogP contribution in [0.5, 0.6) is 0 Å². The summed E-state index contributed by atoms with van der Waals surface area (Å²) in [6, 6.07) is 0. The molecule has 0 heterocycles. The SMILES string of the molecule is C=CC(=O)O.C=CC(=O)O.CC(O)CO.O=C(O)C(O)CO. The second kappa shape index (κ2) is 21.0. The molecule has 130 valence electrons. The molecule has 10 nitrogen and oxygen atoms in total. The molecule has 2 atom stereocenters. The molecule has 0 rings (SSSR count). The topological polar surface area (TPSA) is 193 Å². The van der Waals surface area contributed by atoms with E-state index < -0.39 is 36.7 Å². The first kappa shape index (κ1) is 28.0. The third-order valence-corrected chi connectivity index (χ3v) is 1.07. The van der Waals surface area contributed by atoms with Gasteiger partial charge in [-0.2, -0.15) is 0 Å². The first-order valence-electron chi connectivity index (χ1n) is 5.51. The molecule has 0 aliphatic carbocycles. The van der Waals surface area contributed by atoms with Crippen LogP contribution in [0.15, 0.2) is 25.3 Å². The van der Waals surface area contributed by atoms with Gasteiger partial charge in [-0.15, -0.1) is 0 Å². The van der Waals surface area contributed by atoms with Gasteiger partial charge in [-0.25, -0.2) is 14.4 Å². The van der Waals surface area contributed by atoms with Crippen LogP contribution in [0.3, 0.4) is 0 Å². The summed E-state index contributed by atoms with van der Waals surface area (Å²) in [7, 11) is 0.